The number of carbonyl (C=O) groups excluding carboxylic acids is 1. The van der Waals surface area contributed by atoms with E-state index in [1.165, 1.54) is 18.6 Å². The third kappa shape index (κ3) is 5.37. The van der Waals surface area contributed by atoms with Crippen LogP contribution in [-0.2, 0) is 21.4 Å². The lowest BCUT2D eigenvalue weighted by molar-refractivity contribution is -0.132. The Morgan fingerprint density at radius 2 is 1.83 bits per heavy atom. The highest BCUT2D eigenvalue weighted by Crippen LogP contribution is 2.29. The van der Waals surface area contributed by atoms with Crippen molar-refractivity contribution in [1.29, 1.82) is 0 Å². The molecule has 10 heteroatoms. The maximum atomic E-state index is 12.8. The standard InChI is InChI=1S/C26H26ClN5O3S/c27-22-3-6-24-21(17-22)10-13-31(24)16-11-26(33)32-14-8-20(9-15-32)19-1-4-23(5-2-19)36(34,35)30-25-7-12-28-18-29-25/h1-7,10,12-13,17-18,20H,8-9,11,14-16H2,(H,28,29,30). The van der Waals surface area contributed by atoms with Crippen molar-refractivity contribution in [1.82, 2.24) is 19.4 Å². The number of nitrogens with one attached hydrogen (secondary N) is 1. The number of likely N-dealkylation sites (tertiary alicyclic amines) is 1. The van der Waals surface area contributed by atoms with Crippen LogP contribution >= 0.6 is 11.6 Å². The highest BCUT2D eigenvalue weighted by Gasteiger charge is 2.24. The second kappa shape index (κ2) is 10.3. The first-order chi connectivity index (χ1) is 17.4. The van der Waals surface area contributed by atoms with Crippen LogP contribution in [0.2, 0.25) is 5.02 Å². The van der Waals surface area contributed by atoms with E-state index in [1.54, 1.807) is 12.1 Å². The van der Waals surface area contributed by atoms with Gasteiger partial charge in [0.15, 0.2) is 0 Å². The zero-order chi connectivity index (χ0) is 25.1. The summed E-state index contributed by atoms with van der Waals surface area (Å²) >= 11 is 6.07. The van der Waals surface area contributed by atoms with Gasteiger partial charge in [0.05, 0.1) is 4.90 Å². The van der Waals surface area contributed by atoms with E-state index in [1.807, 2.05) is 47.5 Å². The Labute approximate surface area is 215 Å². The Balaban J connectivity index is 1.14. The summed E-state index contributed by atoms with van der Waals surface area (Å²) in [5, 5.41) is 1.77. The molecule has 0 unspecified atom stereocenters. The molecule has 1 saturated heterocycles. The maximum absolute atomic E-state index is 12.8. The van der Waals surface area contributed by atoms with Crippen molar-refractivity contribution < 1.29 is 13.2 Å². The Kier molecular flexibility index (Phi) is 6.93. The smallest absolute Gasteiger partial charge is 0.263 e. The van der Waals surface area contributed by atoms with Crippen LogP contribution in [0.25, 0.3) is 10.9 Å². The molecule has 0 bridgehead atoms. The number of aromatic nitrogens is 3. The van der Waals surface area contributed by atoms with Crippen molar-refractivity contribution in [3.63, 3.8) is 0 Å². The molecule has 0 spiro atoms. The minimum atomic E-state index is -3.72. The van der Waals surface area contributed by atoms with Gasteiger partial charge in [0.25, 0.3) is 10.0 Å². The summed E-state index contributed by atoms with van der Waals surface area (Å²) in [5.41, 5.74) is 2.16. The Morgan fingerprint density at radius 1 is 1.06 bits per heavy atom. The lowest BCUT2D eigenvalue weighted by Gasteiger charge is -2.32. The summed E-state index contributed by atoms with van der Waals surface area (Å²) in [6.07, 6.45) is 6.90. The van der Waals surface area contributed by atoms with E-state index in [-0.39, 0.29) is 16.6 Å². The average Bonchev–Trinajstić information content (AvgIpc) is 3.29. The van der Waals surface area contributed by atoms with Gasteiger partial charge in [0, 0.05) is 54.4 Å². The molecule has 1 amide bonds. The first kappa shape index (κ1) is 24.3. The van der Waals surface area contributed by atoms with Crippen LogP contribution in [0.1, 0.15) is 30.7 Å². The highest BCUT2D eigenvalue weighted by atomic mass is 35.5. The van der Waals surface area contributed by atoms with Crippen LogP contribution in [-0.4, -0.2) is 46.8 Å². The Hall–Kier alpha value is -3.43. The summed E-state index contributed by atoms with van der Waals surface area (Å²) in [5.74, 6) is 0.667. The van der Waals surface area contributed by atoms with Crippen molar-refractivity contribution in [2.24, 2.45) is 0 Å². The third-order valence-corrected chi connectivity index (χ3v) is 8.24. The first-order valence-electron chi connectivity index (χ1n) is 11.8. The van der Waals surface area contributed by atoms with Crippen LogP contribution in [0.5, 0.6) is 0 Å². The zero-order valence-corrected chi connectivity index (χ0v) is 21.1. The van der Waals surface area contributed by atoms with Gasteiger partial charge >= 0.3 is 0 Å². The molecule has 1 fully saturated rings. The summed E-state index contributed by atoms with van der Waals surface area (Å²) in [4.78, 5) is 22.6. The van der Waals surface area contributed by atoms with Crippen molar-refractivity contribution >= 4 is 44.3 Å². The van der Waals surface area contributed by atoms with Crippen molar-refractivity contribution in [3.8, 4) is 0 Å². The molecular weight excluding hydrogens is 498 g/mol. The fourth-order valence-electron chi connectivity index (χ4n) is 4.67. The van der Waals surface area contributed by atoms with E-state index in [0.29, 0.717) is 37.0 Å². The van der Waals surface area contributed by atoms with Crippen LogP contribution < -0.4 is 4.72 Å². The fourth-order valence-corrected chi connectivity index (χ4v) is 5.86. The molecule has 5 rings (SSSR count). The number of piperidine rings is 1. The van der Waals surface area contributed by atoms with E-state index in [0.717, 1.165) is 29.3 Å². The van der Waals surface area contributed by atoms with Crippen LogP contribution in [0.15, 0.2) is 78.2 Å². The average molecular weight is 524 g/mol. The largest absolute Gasteiger partial charge is 0.347 e. The molecule has 1 aliphatic rings. The molecule has 0 saturated carbocycles. The molecule has 4 aromatic rings. The van der Waals surface area contributed by atoms with Gasteiger partial charge in [0.1, 0.15) is 12.1 Å². The number of anilines is 1. The minimum absolute atomic E-state index is 0.154. The normalized spacial score (nSPS) is 14.8. The quantitative estimate of drug-likeness (QED) is 0.379. The van der Waals surface area contributed by atoms with Gasteiger partial charge in [-0.1, -0.05) is 23.7 Å². The Morgan fingerprint density at radius 3 is 2.56 bits per heavy atom. The van der Waals surface area contributed by atoms with Crippen molar-refractivity contribution in [2.45, 2.75) is 36.6 Å². The van der Waals surface area contributed by atoms with Crippen LogP contribution in [0, 0.1) is 0 Å². The molecule has 0 aliphatic carbocycles. The number of aryl methyl sites for hydroxylation is 1. The van der Waals surface area contributed by atoms with E-state index in [2.05, 4.69) is 19.3 Å². The topological polar surface area (TPSA) is 97.2 Å². The molecule has 2 aromatic heterocycles. The number of rotatable bonds is 7. The first-order valence-corrected chi connectivity index (χ1v) is 13.7. The van der Waals surface area contributed by atoms with Gasteiger partial charge in [-0.2, -0.15) is 0 Å². The maximum Gasteiger partial charge on any atom is 0.263 e. The second-order valence-corrected chi connectivity index (χ2v) is 11.0. The number of nitrogens with zero attached hydrogens (tertiary/aromatic N) is 4. The second-order valence-electron chi connectivity index (χ2n) is 8.89. The number of halogens is 1. The van der Waals surface area contributed by atoms with Gasteiger partial charge < -0.3 is 9.47 Å². The number of amides is 1. The third-order valence-electron chi connectivity index (χ3n) is 6.63. The lowest BCUT2D eigenvalue weighted by Crippen LogP contribution is -2.38. The number of carbonyl (C=O) groups is 1. The molecule has 186 valence electrons. The van der Waals surface area contributed by atoms with Gasteiger partial charge in [-0.15, -0.1) is 0 Å². The minimum Gasteiger partial charge on any atom is -0.347 e. The summed E-state index contributed by atoms with van der Waals surface area (Å²) in [6, 6.07) is 16.2. The number of hydrogen-bond donors (Lipinski definition) is 1. The molecule has 2 aromatic carbocycles. The summed E-state index contributed by atoms with van der Waals surface area (Å²) in [7, 11) is -3.72. The molecule has 1 aliphatic heterocycles. The molecule has 3 heterocycles. The molecular formula is C26H26ClN5O3S. The monoisotopic (exact) mass is 523 g/mol. The fraction of sp³-hybridized carbons (Fsp3) is 0.269. The van der Waals surface area contributed by atoms with E-state index >= 15 is 0 Å². The SMILES string of the molecule is O=C(CCn1ccc2cc(Cl)ccc21)N1CCC(c2ccc(S(=O)(=O)Nc3ccncn3)cc2)CC1. The van der Waals surface area contributed by atoms with Crippen molar-refractivity contribution in [3.05, 3.63) is 83.9 Å². The van der Waals surface area contributed by atoms with Crippen LogP contribution in [0.4, 0.5) is 5.82 Å². The summed E-state index contributed by atoms with van der Waals surface area (Å²) < 4.78 is 29.8. The predicted molar refractivity (Wildman–Crippen MR) is 139 cm³/mol. The van der Waals surface area contributed by atoms with E-state index < -0.39 is 10.0 Å². The van der Waals surface area contributed by atoms with Gasteiger partial charge in [-0.05, 0) is 66.8 Å². The number of sulfonamides is 1. The number of fused-ring (bicyclic) bond motifs is 1. The molecule has 1 N–H and O–H groups in total. The van der Waals surface area contributed by atoms with Gasteiger partial charge in [-0.3, -0.25) is 9.52 Å². The van der Waals surface area contributed by atoms with Gasteiger partial charge in [-0.25, -0.2) is 18.4 Å². The van der Waals surface area contributed by atoms with E-state index in [4.69, 9.17) is 11.6 Å². The van der Waals surface area contributed by atoms with Crippen LogP contribution in [0.3, 0.4) is 0 Å². The number of benzene rings is 2. The highest BCUT2D eigenvalue weighted by molar-refractivity contribution is 7.92. The lowest BCUT2D eigenvalue weighted by atomic mass is 9.89. The predicted octanol–water partition coefficient (Wildman–Crippen LogP) is 4.68. The van der Waals surface area contributed by atoms with Crippen molar-refractivity contribution in [2.75, 3.05) is 17.8 Å². The zero-order valence-electron chi connectivity index (χ0n) is 19.5. The summed E-state index contributed by atoms with van der Waals surface area (Å²) in [6.45, 7) is 2.02. The Bertz CT molecular complexity index is 1460. The molecule has 8 nitrogen and oxygen atoms in total. The number of hydrogen-bond acceptors (Lipinski definition) is 5. The van der Waals surface area contributed by atoms with Gasteiger partial charge in [0.2, 0.25) is 5.91 Å². The molecule has 36 heavy (non-hydrogen) atoms. The molecule has 0 radical (unpaired) electrons. The van der Waals surface area contributed by atoms with E-state index in [9.17, 15) is 13.2 Å². The molecule has 0 atom stereocenters.